The molecule has 0 spiro atoms. The Morgan fingerprint density at radius 3 is 2.68 bits per heavy atom. The smallest absolute Gasteiger partial charge is 0.293 e. The molecule has 2 amide bonds. The van der Waals surface area contributed by atoms with Gasteiger partial charge in [-0.25, -0.2) is 0 Å². The molecule has 0 N–H and O–H groups in total. The number of halogens is 2. The van der Waals surface area contributed by atoms with Crippen LogP contribution in [0.2, 0.25) is 5.02 Å². The number of hydrogen-bond donors (Lipinski definition) is 0. The molecule has 8 heteroatoms. The average molecular weight is 530 g/mol. The van der Waals surface area contributed by atoms with Gasteiger partial charge < -0.3 is 9.47 Å². The lowest BCUT2D eigenvalue weighted by Gasteiger charge is -2.13. The minimum atomic E-state index is -0.335. The van der Waals surface area contributed by atoms with E-state index in [1.807, 2.05) is 19.1 Å². The van der Waals surface area contributed by atoms with E-state index in [0.29, 0.717) is 28.0 Å². The van der Waals surface area contributed by atoms with Crippen LogP contribution in [0, 0.1) is 3.57 Å². The molecule has 28 heavy (non-hydrogen) atoms. The van der Waals surface area contributed by atoms with Gasteiger partial charge in [-0.15, -0.1) is 0 Å². The van der Waals surface area contributed by atoms with Gasteiger partial charge in [0.1, 0.15) is 0 Å². The summed E-state index contributed by atoms with van der Waals surface area (Å²) in [5, 5.41) is 0.208. The van der Waals surface area contributed by atoms with Crippen LogP contribution >= 0.6 is 46.0 Å². The second kappa shape index (κ2) is 9.19. The number of methoxy groups -OCH3 is 1. The molecule has 0 atom stereocenters. The third kappa shape index (κ3) is 4.47. The van der Waals surface area contributed by atoms with E-state index in [9.17, 15) is 9.59 Å². The fraction of sp³-hybridized carbons (Fsp3) is 0.200. The molecule has 0 aromatic heterocycles. The summed E-state index contributed by atoms with van der Waals surface area (Å²) in [6, 6.07) is 10.8. The van der Waals surface area contributed by atoms with Crippen LogP contribution in [0.1, 0.15) is 18.1 Å². The van der Waals surface area contributed by atoms with Gasteiger partial charge in [-0.1, -0.05) is 29.8 Å². The van der Waals surface area contributed by atoms with Gasteiger partial charge in [0.05, 0.1) is 28.7 Å². The minimum absolute atomic E-state index is 0.145. The maximum Gasteiger partial charge on any atom is 0.293 e. The zero-order chi connectivity index (χ0) is 20.3. The maximum atomic E-state index is 12.8. The van der Waals surface area contributed by atoms with Gasteiger partial charge in [-0.3, -0.25) is 14.5 Å². The summed E-state index contributed by atoms with van der Waals surface area (Å²) in [5.41, 5.74) is 1.48. The minimum Gasteiger partial charge on any atom is -0.493 e. The number of carbonyl (C=O) groups excluding carboxylic acids is 2. The number of rotatable bonds is 6. The fourth-order valence-electron chi connectivity index (χ4n) is 2.69. The molecule has 2 aromatic rings. The summed E-state index contributed by atoms with van der Waals surface area (Å²) >= 11 is 9.23. The summed E-state index contributed by atoms with van der Waals surface area (Å²) in [7, 11) is 1.56. The number of imide groups is 1. The highest BCUT2D eigenvalue weighted by Gasteiger charge is 2.35. The van der Waals surface area contributed by atoms with Gasteiger partial charge in [0.2, 0.25) is 0 Å². The Kier molecular flexibility index (Phi) is 6.90. The Morgan fingerprint density at radius 1 is 1.25 bits per heavy atom. The van der Waals surface area contributed by atoms with Crippen molar-refractivity contribution in [1.82, 2.24) is 4.90 Å². The van der Waals surface area contributed by atoms with Crippen molar-refractivity contribution in [1.29, 1.82) is 0 Å². The first kappa shape index (κ1) is 21.0. The number of carbonyl (C=O) groups is 2. The number of ether oxygens (including phenoxy) is 2. The van der Waals surface area contributed by atoms with Crippen LogP contribution < -0.4 is 9.47 Å². The molecule has 0 bridgehead atoms. The van der Waals surface area contributed by atoms with Crippen LogP contribution in [0.25, 0.3) is 6.08 Å². The van der Waals surface area contributed by atoms with E-state index in [1.54, 1.807) is 37.5 Å². The summed E-state index contributed by atoms with van der Waals surface area (Å²) in [6.07, 6.45) is 1.69. The molecule has 3 rings (SSSR count). The van der Waals surface area contributed by atoms with Crippen molar-refractivity contribution in [2.75, 3.05) is 13.7 Å². The second-order valence-electron chi connectivity index (χ2n) is 5.83. The molecule has 0 saturated carbocycles. The van der Waals surface area contributed by atoms with Crippen LogP contribution in [-0.2, 0) is 11.3 Å². The van der Waals surface area contributed by atoms with Gasteiger partial charge in [-0.2, -0.15) is 0 Å². The molecule has 1 heterocycles. The fourth-order valence-corrected chi connectivity index (χ4v) is 4.51. The van der Waals surface area contributed by atoms with Crippen LogP contribution in [0.3, 0.4) is 0 Å². The maximum absolute atomic E-state index is 12.8. The largest absolute Gasteiger partial charge is 0.493 e. The van der Waals surface area contributed by atoms with Crippen LogP contribution in [0.15, 0.2) is 41.3 Å². The summed E-state index contributed by atoms with van der Waals surface area (Å²) in [5.74, 6) is 0.905. The number of nitrogens with zero attached hydrogens (tertiary/aromatic N) is 1. The number of amides is 2. The van der Waals surface area contributed by atoms with Crippen molar-refractivity contribution in [2.45, 2.75) is 13.5 Å². The first-order valence-corrected chi connectivity index (χ1v) is 10.7. The lowest BCUT2D eigenvalue weighted by atomic mass is 10.1. The number of thioether (sulfide) groups is 1. The van der Waals surface area contributed by atoms with E-state index < -0.39 is 0 Å². The third-order valence-corrected chi connectivity index (χ3v) is 6.08. The van der Waals surface area contributed by atoms with Crippen molar-refractivity contribution in [3.05, 3.63) is 61.0 Å². The first-order valence-electron chi connectivity index (χ1n) is 8.43. The summed E-state index contributed by atoms with van der Waals surface area (Å²) < 4.78 is 11.9. The highest BCUT2D eigenvalue weighted by molar-refractivity contribution is 14.1. The topological polar surface area (TPSA) is 55.8 Å². The number of benzene rings is 2. The van der Waals surface area contributed by atoms with Gasteiger partial charge in [0, 0.05) is 5.02 Å². The average Bonchev–Trinajstić information content (AvgIpc) is 2.92. The predicted molar refractivity (Wildman–Crippen MR) is 120 cm³/mol. The van der Waals surface area contributed by atoms with E-state index in [2.05, 4.69) is 22.6 Å². The summed E-state index contributed by atoms with van der Waals surface area (Å²) in [4.78, 5) is 26.7. The summed E-state index contributed by atoms with van der Waals surface area (Å²) in [6.45, 7) is 2.57. The van der Waals surface area contributed by atoms with Crippen molar-refractivity contribution < 1.29 is 19.1 Å². The van der Waals surface area contributed by atoms with E-state index in [-0.39, 0.29) is 17.7 Å². The molecule has 0 unspecified atom stereocenters. The highest BCUT2D eigenvalue weighted by Crippen LogP contribution is 2.38. The molecule has 0 radical (unpaired) electrons. The monoisotopic (exact) mass is 529 g/mol. The van der Waals surface area contributed by atoms with Gasteiger partial charge in [0.15, 0.2) is 11.5 Å². The Morgan fingerprint density at radius 2 is 2.00 bits per heavy atom. The van der Waals surface area contributed by atoms with Gasteiger partial charge in [0.25, 0.3) is 11.1 Å². The van der Waals surface area contributed by atoms with E-state index in [1.165, 1.54) is 4.90 Å². The second-order valence-corrected chi connectivity index (χ2v) is 8.39. The van der Waals surface area contributed by atoms with Crippen molar-refractivity contribution >= 4 is 63.2 Å². The normalized spacial score (nSPS) is 15.4. The predicted octanol–water partition coefficient (Wildman–Crippen LogP) is 5.59. The molecule has 1 saturated heterocycles. The standard InChI is InChI=1S/C20H17ClINO4S/c1-3-27-18-15(22)8-12(9-16(18)26-2)10-17-19(24)23(20(25)28-17)11-13-6-4-5-7-14(13)21/h4-10H,3,11H2,1-2H3/b17-10-. The van der Waals surface area contributed by atoms with Gasteiger partial charge >= 0.3 is 0 Å². The highest BCUT2D eigenvalue weighted by atomic mass is 127. The Bertz CT molecular complexity index is 963. The van der Waals surface area contributed by atoms with Crippen molar-refractivity contribution in [3.63, 3.8) is 0 Å². The zero-order valence-electron chi connectivity index (χ0n) is 15.2. The Hall–Kier alpha value is -1.71. The third-order valence-electron chi connectivity index (χ3n) is 4.00. The first-order chi connectivity index (χ1) is 13.4. The molecule has 5 nitrogen and oxygen atoms in total. The lowest BCUT2D eigenvalue weighted by molar-refractivity contribution is -0.123. The molecule has 1 aliphatic rings. The SMILES string of the molecule is CCOc1c(I)cc(/C=C2\SC(=O)N(Cc3ccccc3Cl)C2=O)cc1OC. The Balaban J connectivity index is 1.87. The molecule has 0 aliphatic carbocycles. The quantitative estimate of drug-likeness (QED) is 0.361. The van der Waals surface area contributed by atoms with E-state index in [4.69, 9.17) is 21.1 Å². The zero-order valence-corrected chi connectivity index (χ0v) is 18.9. The van der Waals surface area contributed by atoms with Gasteiger partial charge in [-0.05, 0) is 76.7 Å². The molecule has 1 aliphatic heterocycles. The molecule has 1 fully saturated rings. The molecular formula is C20H17ClINO4S. The van der Waals surface area contributed by atoms with Crippen molar-refractivity contribution in [3.8, 4) is 11.5 Å². The Labute approximate surface area is 186 Å². The van der Waals surface area contributed by atoms with Crippen LogP contribution in [-0.4, -0.2) is 29.8 Å². The molecule has 146 valence electrons. The number of hydrogen-bond acceptors (Lipinski definition) is 5. The van der Waals surface area contributed by atoms with E-state index in [0.717, 1.165) is 26.5 Å². The molecule has 2 aromatic carbocycles. The molecular weight excluding hydrogens is 513 g/mol. The van der Waals surface area contributed by atoms with E-state index >= 15 is 0 Å². The van der Waals surface area contributed by atoms with Crippen molar-refractivity contribution in [2.24, 2.45) is 0 Å². The lowest BCUT2D eigenvalue weighted by Crippen LogP contribution is -2.27. The van der Waals surface area contributed by atoms with Crippen LogP contribution in [0.4, 0.5) is 4.79 Å². The van der Waals surface area contributed by atoms with Crippen LogP contribution in [0.5, 0.6) is 11.5 Å².